The van der Waals surface area contributed by atoms with Crippen molar-refractivity contribution in [3.8, 4) is 11.5 Å². The van der Waals surface area contributed by atoms with E-state index < -0.39 is 236 Å². The molecule has 7 rings (SSSR count). The molecule has 2 fully saturated rings. The fourth-order valence-electron chi connectivity index (χ4n) is 12.0. The number of carbonyl (C=O) groups excluding carboxylic acids is 13. The number of unbranched alkanes of at least 4 members (excludes halogenated alkanes) is 3. The molecule has 0 radical (unpaired) electrons. The normalized spacial score (nSPS) is 25.4. The number of benzene rings is 2. The number of primary amides is 1. The van der Waals surface area contributed by atoms with Crippen molar-refractivity contribution in [2.24, 2.45) is 17.6 Å². The van der Waals surface area contributed by atoms with Gasteiger partial charge in [-0.15, -0.1) is 0 Å². The van der Waals surface area contributed by atoms with Gasteiger partial charge in [0, 0.05) is 87.9 Å². The van der Waals surface area contributed by atoms with Crippen LogP contribution in [0.5, 0.6) is 11.5 Å². The Kier molecular flexibility index (Phi) is 29.4. The van der Waals surface area contributed by atoms with Gasteiger partial charge in [-0.25, -0.2) is 9.59 Å². The van der Waals surface area contributed by atoms with Gasteiger partial charge in [0.15, 0.2) is 18.2 Å². The lowest BCUT2D eigenvalue weighted by Gasteiger charge is -2.40. The summed E-state index contributed by atoms with van der Waals surface area (Å²) in [7, 11) is 1.51. The zero-order valence-electron chi connectivity index (χ0n) is 58.2. The average molecular weight is 1480 g/mol. The molecule has 10 amide bonds. The molecule has 5 heterocycles. The van der Waals surface area contributed by atoms with Gasteiger partial charge < -0.3 is 116 Å². The van der Waals surface area contributed by atoms with Gasteiger partial charge in [-0.1, -0.05) is 46.1 Å². The van der Waals surface area contributed by atoms with Crippen LogP contribution in [0.3, 0.4) is 0 Å². The predicted molar refractivity (Wildman–Crippen MR) is 358 cm³/mol. The molecular weight excluding hydrogens is 1390 g/mol. The van der Waals surface area contributed by atoms with Crippen LogP contribution in [0.1, 0.15) is 108 Å². The number of nitrogens with zero attached hydrogens (tertiary/aromatic N) is 2. The molecule has 37 nitrogen and oxygen atoms in total. The highest BCUT2D eigenvalue weighted by Crippen LogP contribution is 2.33. The van der Waals surface area contributed by atoms with Crippen molar-refractivity contribution in [3.05, 3.63) is 53.1 Å². The third-order valence-electron chi connectivity index (χ3n) is 17.7. The van der Waals surface area contributed by atoms with Gasteiger partial charge in [-0.3, -0.25) is 57.5 Å². The number of hydrogen-bond donors (Lipinski definition) is 13. The minimum atomic E-state index is -2.47. The fourth-order valence-corrected chi connectivity index (χ4v) is 13.4. The van der Waals surface area contributed by atoms with E-state index in [1.807, 2.05) is 0 Å². The second-order valence-electron chi connectivity index (χ2n) is 25.6. The van der Waals surface area contributed by atoms with E-state index in [1.54, 1.807) is 26.0 Å². The first-order chi connectivity index (χ1) is 49.3. The lowest BCUT2D eigenvalue weighted by atomic mass is 9.93. The van der Waals surface area contributed by atoms with E-state index in [4.69, 9.17) is 38.9 Å². The fraction of sp³-hybridized carbons (Fsp3) is 0.576. The number of carbonyl (C=O) groups is 14. The maximum Gasteiger partial charge on any atom is 0.409 e. The van der Waals surface area contributed by atoms with Crippen LogP contribution in [0.15, 0.2) is 41.4 Å². The standard InChI is InChI=1S/C66H89N11O26S/c1-8-31(2)53-60(90)69-24-51(85)70-45-30-104(96)62-40(22-43(57(87)68-25-52(86)74-53)71-61(91)54(32(3)47(83)27-78)75-59(89)46-20-37(82)26-77(46)63(92)44(23-50(67)84)72-58(45)88)39-15-14-38(21-42(39)73-62)97-18-12-10-9-11-17-76(7)66(95)99-28-36-13-16-48(41(19-36)64(93)94)103-65-56(102-35(6)81)55(101-34(5)80)49(29-98-65)100-33(4)79/h13-16,19,21,31-32,37,43-47,49,53-56,65,73,78,82-83H,8-12,17-18,20,22-30H2,1-7H3,(H2,67,84)(H,68,87)(H,69,90)(H,70,85)(H,71,91)(H,72,88)(H,74,86)(H,75,89)(H,93,94)/t31-,32-,37+,43-,44-,45-,46-,47-,49+,53-,54-,55-,56+,65?,104+/m0/s1. The second kappa shape index (κ2) is 37.5. The smallest absolute Gasteiger partial charge is 0.409 e. The number of hydrogen-bond acceptors (Lipinski definition) is 25. The van der Waals surface area contributed by atoms with Gasteiger partial charge in [-0.05, 0) is 48.6 Å². The molecule has 3 aromatic rings. The molecular formula is C66H89N11O26S. The predicted octanol–water partition coefficient (Wildman–Crippen LogP) is -3.19. The highest BCUT2D eigenvalue weighted by Gasteiger charge is 2.50. The van der Waals surface area contributed by atoms with Crippen molar-refractivity contribution in [3.63, 3.8) is 0 Å². The third kappa shape index (κ3) is 22.1. The summed E-state index contributed by atoms with van der Waals surface area (Å²) in [6, 6.07) is -1.81. The molecule has 2 bridgehead atoms. The van der Waals surface area contributed by atoms with Crippen LogP contribution in [-0.4, -0.2) is 255 Å². The quantitative estimate of drug-likeness (QED) is 0.0193. The number of ether oxygens (including phenoxy) is 7. The number of amides is 10. The molecule has 0 aliphatic carbocycles. The van der Waals surface area contributed by atoms with Crippen LogP contribution in [0, 0.1) is 11.8 Å². The number of aliphatic hydroxyl groups excluding tert-OH is 3. The average Bonchev–Trinajstić information content (AvgIpc) is 1.47. The number of aliphatic hydroxyl groups is 3. The number of fused-ring (bicyclic) bond motifs is 5. The van der Waals surface area contributed by atoms with E-state index in [0.717, 1.165) is 25.7 Å². The summed E-state index contributed by atoms with van der Waals surface area (Å²) < 4.78 is 54.2. The summed E-state index contributed by atoms with van der Waals surface area (Å²) in [6.45, 7) is 4.44. The Morgan fingerprint density at radius 3 is 2.12 bits per heavy atom. The Labute approximate surface area is 598 Å². The van der Waals surface area contributed by atoms with Gasteiger partial charge in [0.25, 0.3) is 0 Å². The van der Waals surface area contributed by atoms with Crippen molar-refractivity contribution < 1.29 is 125 Å². The molecule has 38 heteroatoms. The number of H-pyrrole nitrogens is 1. The molecule has 14 N–H and O–H groups in total. The summed E-state index contributed by atoms with van der Waals surface area (Å²) in [5, 5.41) is 59.4. The molecule has 0 spiro atoms. The van der Waals surface area contributed by atoms with E-state index in [0.29, 0.717) is 32.1 Å². The molecule has 4 aliphatic heterocycles. The zero-order chi connectivity index (χ0) is 76.4. The molecule has 1 unspecified atom stereocenters. The minimum Gasteiger partial charge on any atom is -0.610 e. The highest BCUT2D eigenvalue weighted by molar-refractivity contribution is 7.91. The number of aromatic carboxylic acids is 1. The molecule has 15 atom stereocenters. The number of esters is 3. The summed E-state index contributed by atoms with van der Waals surface area (Å²) in [6.07, 6.45) is -8.86. The first-order valence-electron chi connectivity index (χ1n) is 33.6. The molecule has 2 saturated heterocycles. The van der Waals surface area contributed by atoms with E-state index in [9.17, 15) is 87.5 Å². The van der Waals surface area contributed by atoms with E-state index in [2.05, 4.69) is 42.2 Å². The van der Waals surface area contributed by atoms with Crippen LogP contribution < -0.4 is 52.4 Å². The summed E-state index contributed by atoms with van der Waals surface area (Å²) in [4.78, 5) is 194. The minimum absolute atomic E-state index is 0.0649. The van der Waals surface area contributed by atoms with Gasteiger partial charge in [0.1, 0.15) is 59.6 Å². The Hall–Kier alpha value is -9.89. The lowest BCUT2D eigenvalue weighted by Crippen LogP contribution is -2.62. The number of aromatic nitrogens is 1. The second-order valence-corrected chi connectivity index (χ2v) is 27.0. The van der Waals surface area contributed by atoms with Crippen LogP contribution in [0.2, 0.25) is 0 Å². The molecule has 2 aromatic carbocycles. The van der Waals surface area contributed by atoms with Crippen LogP contribution >= 0.6 is 0 Å². The number of rotatable bonds is 23. The topological polar surface area (TPSA) is 540 Å². The first-order valence-corrected chi connectivity index (χ1v) is 34.9. The molecule has 0 saturated carbocycles. The molecule has 570 valence electrons. The summed E-state index contributed by atoms with van der Waals surface area (Å²) in [5.74, 6) is -16.1. The maximum atomic E-state index is 15.2. The first kappa shape index (κ1) is 81.4. The molecule has 104 heavy (non-hydrogen) atoms. The Morgan fingerprint density at radius 2 is 1.46 bits per heavy atom. The van der Waals surface area contributed by atoms with Gasteiger partial charge in [0.2, 0.25) is 70.6 Å². The number of nitrogens with one attached hydrogen (secondary N) is 8. The van der Waals surface area contributed by atoms with Crippen molar-refractivity contribution >= 4 is 105 Å². The van der Waals surface area contributed by atoms with E-state index in [1.165, 1.54) is 43.1 Å². The molecule has 4 aliphatic rings. The number of nitrogens with two attached hydrogens (primary N) is 1. The van der Waals surface area contributed by atoms with E-state index in [-0.39, 0.29) is 64.9 Å². The van der Waals surface area contributed by atoms with Crippen molar-refractivity contribution in [1.29, 1.82) is 0 Å². The van der Waals surface area contributed by atoms with Crippen molar-refractivity contribution in [1.82, 2.24) is 52.0 Å². The van der Waals surface area contributed by atoms with Crippen LogP contribution in [0.25, 0.3) is 10.9 Å². The highest BCUT2D eigenvalue weighted by atomic mass is 32.2. The van der Waals surface area contributed by atoms with Gasteiger partial charge in [-0.2, -0.15) is 0 Å². The van der Waals surface area contributed by atoms with Crippen molar-refractivity contribution in [2.75, 3.05) is 58.8 Å². The van der Waals surface area contributed by atoms with E-state index >= 15 is 4.55 Å². The monoisotopic (exact) mass is 1480 g/mol. The lowest BCUT2D eigenvalue weighted by molar-refractivity contribution is -0.259. The summed E-state index contributed by atoms with van der Waals surface area (Å²) >= 11 is -2.47. The number of carboxylic acid groups (broad SMARTS) is 1. The van der Waals surface area contributed by atoms with Crippen LogP contribution in [0.4, 0.5) is 4.79 Å². The SMILES string of the molecule is CC[C@H](C)[C@@H]1NC(=O)CNC(=O)[C@@H]2Cc3c([nH]c4cc(OCCCCCCN(C)C(=O)OCc5ccc(OC6OC[C@@H](OC(C)=O)[C@H](OC(C)=O)[C@H]6OC(C)=O)c(C(=O)O)c5)ccc34)[S@+]([O-])C[C@H](NC(=O)CNC1=O)C(=O)N[C@@H](CC(N)=O)C(=O)N1C[C@H](O)C[C@H]1C(=O)N[C@@H]([C@@H](C)[C@@H](O)CO)C(=O)N2. The van der Waals surface area contributed by atoms with Crippen molar-refractivity contribution in [2.45, 2.75) is 178 Å². The van der Waals surface area contributed by atoms with Gasteiger partial charge in [0.05, 0.1) is 57.1 Å². The summed E-state index contributed by atoms with van der Waals surface area (Å²) in [5.41, 5.74) is 5.72. The molecule has 1 aromatic heterocycles. The third-order valence-corrected chi connectivity index (χ3v) is 19.1. The van der Waals surface area contributed by atoms with Gasteiger partial charge >= 0.3 is 30.0 Å². The number of aromatic amines is 1. The zero-order valence-corrected chi connectivity index (χ0v) is 59.0. The number of carboxylic acids is 1. The Morgan fingerprint density at radius 1 is 0.788 bits per heavy atom. The Balaban J connectivity index is 1.09. The Bertz CT molecular complexity index is 3690. The van der Waals surface area contributed by atoms with Crippen LogP contribution in [-0.2, 0) is 105 Å². The largest absolute Gasteiger partial charge is 0.610 e. The maximum absolute atomic E-state index is 15.2.